The fourth-order valence-corrected chi connectivity index (χ4v) is 3.77. The molecule has 0 aliphatic carbocycles. The molecule has 34 heavy (non-hydrogen) atoms. The molecule has 0 bridgehead atoms. The lowest BCUT2D eigenvalue weighted by molar-refractivity contribution is -0.222. The molecule has 0 saturated carbocycles. The zero-order valence-corrected chi connectivity index (χ0v) is 20.3. The number of nitrogens with one attached hydrogen (secondary N) is 2. The first-order valence-corrected chi connectivity index (χ1v) is 11.1. The highest BCUT2D eigenvalue weighted by atomic mass is 79.9. The first kappa shape index (κ1) is 23.4. The van der Waals surface area contributed by atoms with Gasteiger partial charge in [0.2, 0.25) is 0 Å². The Bertz CT molecular complexity index is 1230. The first-order chi connectivity index (χ1) is 16.3. The van der Waals surface area contributed by atoms with Gasteiger partial charge < -0.3 is 29.3 Å². The molecule has 0 atom stereocenters. The van der Waals surface area contributed by atoms with Crippen molar-refractivity contribution in [2.24, 2.45) is 0 Å². The highest BCUT2D eigenvalue weighted by Crippen LogP contribution is 2.33. The molecule has 1 aliphatic rings. The third-order valence-corrected chi connectivity index (χ3v) is 5.69. The molecule has 2 N–H and O–H groups in total. The molecule has 0 radical (unpaired) electrons. The van der Waals surface area contributed by atoms with Gasteiger partial charge in [0.1, 0.15) is 11.6 Å². The van der Waals surface area contributed by atoms with E-state index >= 15 is 0 Å². The molecule has 1 aliphatic heterocycles. The lowest BCUT2D eigenvalue weighted by Gasteiger charge is -2.31. The summed E-state index contributed by atoms with van der Waals surface area (Å²) in [6, 6.07) is 12.8. The number of anilines is 1. The number of carbonyl (C=O) groups is 2. The minimum Gasteiger partial charge on any atom is -0.496 e. The normalized spacial score (nSPS) is 14.8. The predicted molar refractivity (Wildman–Crippen MR) is 126 cm³/mol. The maximum Gasteiger partial charge on any atom is 0.352 e. The van der Waals surface area contributed by atoms with Crippen molar-refractivity contribution in [3.05, 3.63) is 76.5 Å². The minimum atomic E-state index is -1.35. The Balaban J connectivity index is 1.69. The van der Waals surface area contributed by atoms with Crippen LogP contribution >= 0.6 is 15.9 Å². The van der Waals surface area contributed by atoms with Gasteiger partial charge in [-0.15, -0.1) is 0 Å². The zero-order chi connectivity index (χ0) is 24.3. The van der Waals surface area contributed by atoms with Crippen LogP contribution in [-0.2, 0) is 25.6 Å². The van der Waals surface area contributed by atoms with E-state index in [4.69, 9.17) is 18.6 Å². The molecule has 2 aromatic carbocycles. The fourth-order valence-electron chi connectivity index (χ4n) is 3.34. The van der Waals surface area contributed by atoms with Crippen LogP contribution in [0.15, 0.2) is 75.3 Å². The van der Waals surface area contributed by atoms with Gasteiger partial charge in [0, 0.05) is 36.6 Å². The van der Waals surface area contributed by atoms with Crippen LogP contribution in [0.5, 0.6) is 5.75 Å². The second-order valence-corrected chi connectivity index (χ2v) is 8.63. The quantitative estimate of drug-likeness (QED) is 0.263. The molecule has 2 heterocycles. The Morgan fingerprint density at radius 1 is 1.12 bits per heavy atom. The van der Waals surface area contributed by atoms with Crippen LogP contribution in [0.3, 0.4) is 0 Å². The average molecular weight is 528 g/mol. The molecule has 0 amide bonds. The van der Waals surface area contributed by atoms with Gasteiger partial charge in [0.25, 0.3) is 5.79 Å². The van der Waals surface area contributed by atoms with Crippen molar-refractivity contribution in [1.82, 2.24) is 10.3 Å². The van der Waals surface area contributed by atoms with Crippen LogP contribution in [-0.4, -0.2) is 29.8 Å². The van der Waals surface area contributed by atoms with Crippen molar-refractivity contribution in [2.75, 3.05) is 12.4 Å². The summed E-state index contributed by atoms with van der Waals surface area (Å²) in [5.74, 6) is -1.77. The van der Waals surface area contributed by atoms with Crippen molar-refractivity contribution in [3.63, 3.8) is 0 Å². The van der Waals surface area contributed by atoms with Gasteiger partial charge in [-0.25, -0.2) is 14.6 Å². The molecule has 4 rings (SSSR count). The average Bonchev–Trinajstić information content (AvgIpc) is 3.31. The monoisotopic (exact) mass is 527 g/mol. The van der Waals surface area contributed by atoms with Crippen LogP contribution in [0, 0.1) is 0 Å². The van der Waals surface area contributed by atoms with Gasteiger partial charge in [-0.05, 0) is 23.8 Å². The summed E-state index contributed by atoms with van der Waals surface area (Å²) >= 11 is 3.50. The number of rotatable bonds is 7. The Hall–Kier alpha value is -3.79. The number of carbonyl (C=O) groups excluding carboxylic acids is 2. The second-order valence-electron chi connectivity index (χ2n) is 7.78. The SMILES string of the molecule is COc1cc(NC(NCc2ccccc2Br)=C2C(=O)OC(C)(C)OC2=O)ccc1-c1cnco1. The number of oxazole rings is 1. The topological polar surface area (TPSA) is 112 Å². The summed E-state index contributed by atoms with van der Waals surface area (Å²) in [5, 5.41) is 6.23. The highest BCUT2D eigenvalue weighted by Gasteiger charge is 2.41. The van der Waals surface area contributed by atoms with Crippen LogP contribution in [0.25, 0.3) is 11.3 Å². The number of esters is 2. The van der Waals surface area contributed by atoms with E-state index in [0.717, 1.165) is 10.0 Å². The number of aromatic nitrogens is 1. The van der Waals surface area contributed by atoms with E-state index in [0.29, 0.717) is 29.3 Å². The molecule has 1 fully saturated rings. The van der Waals surface area contributed by atoms with E-state index in [2.05, 4.69) is 31.5 Å². The number of ether oxygens (including phenoxy) is 3. The Morgan fingerprint density at radius 3 is 2.50 bits per heavy atom. The van der Waals surface area contributed by atoms with Crippen LogP contribution in [0.2, 0.25) is 0 Å². The van der Waals surface area contributed by atoms with E-state index in [1.54, 1.807) is 24.4 Å². The van der Waals surface area contributed by atoms with E-state index in [1.807, 2.05) is 24.3 Å². The van der Waals surface area contributed by atoms with Gasteiger partial charge in [0.05, 0.1) is 18.9 Å². The predicted octanol–water partition coefficient (Wildman–Crippen LogP) is 4.36. The highest BCUT2D eigenvalue weighted by molar-refractivity contribution is 9.10. The Labute approximate surface area is 204 Å². The molecule has 176 valence electrons. The Kier molecular flexibility index (Phi) is 6.60. The second kappa shape index (κ2) is 9.60. The number of halogens is 1. The number of methoxy groups -OCH3 is 1. The van der Waals surface area contributed by atoms with Gasteiger partial charge in [-0.1, -0.05) is 34.1 Å². The molecular weight excluding hydrogens is 506 g/mol. The van der Waals surface area contributed by atoms with Gasteiger partial charge >= 0.3 is 11.9 Å². The van der Waals surface area contributed by atoms with Gasteiger partial charge in [0.15, 0.2) is 17.7 Å². The van der Waals surface area contributed by atoms with E-state index in [1.165, 1.54) is 27.4 Å². The summed E-state index contributed by atoms with van der Waals surface area (Å²) in [5.41, 5.74) is 1.88. The molecular formula is C24H22BrN3O6. The van der Waals surface area contributed by atoms with E-state index in [-0.39, 0.29) is 11.4 Å². The smallest absolute Gasteiger partial charge is 0.352 e. The summed E-state index contributed by atoms with van der Waals surface area (Å²) in [6.07, 6.45) is 2.91. The molecule has 1 saturated heterocycles. The number of cyclic esters (lactones) is 2. The third kappa shape index (κ3) is 5.07. The number of hydrogen-bond acceptors (Lipinski definition) is 9. The lowest BCUT2D eigenvalue weighted by atomic mass is 10.1. The number of benzene rings is 2. The van der Waals surface area contributed by atoms with Gasteiger partial charge in [-0.2, -0.15) is 0 Å². The molecule has 0 spiro atoms. The molecule has 0 unspecified atom stereocenters. The third-order valence-electron chi connectivity index (χ3n) is 4.92. The number of nitrogens with zero attached hydrogens (tertiary/aromatic N) is 1. The van der Waals surface area contributed by atoms with E-state index in [9.17, 15) is 9.59 Å². The molecule has 9 nitrogen and oxygen atoms in total. The van der Waals surface area contributed by atoms with Crippen molar-refractivity contribution in [1.29, 1.82) is 0 Å². The van der Waals surface area contributed by atoms with Crippen LogP contribution < -0.4 is 15.4 Å². The number of hydrogen-bond donors (Lipinski definition) is 2. The van der Waals surface area contributed by atoms with Crippen molar-refractivity contribution < 1.29 is 28.2 Å². The van der Waals surface area contributed by atoms with Crippen molar-refractivity contribution in [2.45, 2.75) is 26.2 Å². The standard InChI is InChI=1S/C24H22BrN3O6/c1-24(2)33-22(29)20(23(30)34-24)21(27-11-14-6-4-5-7-17(14)25)28-15-8-9-16(18(10-15)31-3)19-12-26-13-32-19/h4-10,12-13,27-28H,11H2,1-3H3. The fraction of sp³-hybridized carbons (Fsp3) is 0.208. The maximum absolute atomic E-state index is 12.7. The minimum absolute atomic E-state index is 0.135. The van der Waals surface area contributed by atoms with Crippen molar-refractivity contribution in [3.8, 4) is 17.1 Å². The summed E-state index contributed by atoms with van der Waals surface area (Å²) < 4.78 is 22.3. The summed E-state index contributed by atoms with van der Waals surface area (Å²) in [6.45, 7) is 3.30. The maximum atomic E-state index is 12.7. The van der Waals surface area contributed by atoms with Crippen LogP contribution in [0.4, 0.5) is 5.69 Å². The molecule has 10 heteroatoms. The van der Waals surface area contributed by atoms with Crippen LogP contribution in [0.1, 0.15) is 19.4 Å². The lowest BCUT2D eigenvalue weighted by Crippen LogP contribution is -2.44. The van der Waals surface area contributed by atoms with Crippen molar-refractivity contribution >= 4 is 33.6 Å². The Morgan fingerprint density at radius 2 is 1.85 bits per heavy atom. The largest absolute Gasteiger partial charge is 0.496 e. The van der Waals surface area contributed by atoms with Gasteiger partial charge in [-0.3, -0.25) is 0 Å². The zero-order valence-electron chi connectivity index (χ0n) is 18.7. The molecule has 1 aromatic heterocycles. The van der Waals surface area contributed by atoms with E-state index < -0.39 is 17.7 Å². The summed E-state index contributed by atoms with van der Waals surface area (Å²) in [7, 11) is 1.53. The summed E-state index contributed by atoms with van der Waals surface area (Å²) in [4.78, 5) is 29.4. The molecule has 3 aromatic rings. The first-order valence-electron chi connectivity index (χ1n) is 10.3.